The first-order valence-electron chi connectivity index (χ1n) is 5.34. The van der Waals surface area contributed by atoms with Crippen LogP contribution in [0.15, 0.2) is 18.2 Å². The molecule has 0 spiro atoms. The van der Waals surface area contributed by atoms with Gasteiger partial charge in [-0.1, -0.05) is 13.0 Å². The van der Waals surface area contributed by atoms with Gasteiger partial charge in [-0.05, 0) is 42.0 Å². The zero-order valence-corrected chi connectivity index (χ0v) is 10.2. The number of fused-ring (bicyclic) bond motifs is 1. The van der Waals surface area contributed by atoms with Gasteiger partial charge in [0.15, 0.2) is 0 Å². The van der Waals surface area contributed by atoms with Gasteiger partial charge in [-0.2, -0.15) is 0 Å². The van der Waals surface area contributed by atoms with Crippen molar-refractivity contribution in [1.29, 1.82) is 0 Å². The van der Waals surface area contributed by atoms with E-state index in [1.54, 1.807) is 11.3 Å². The lowest BCUT2D eigenvalue weighted by molar-refractivity contribution is -0.136. The van der Waals surface area contributed by atoms with Gasteiger partial charge in [0.2, 0.25) is 0 Å². The van der Waals surface area contributed by atoms with E-state index in [9.17, 15) is 4.79 Å². The molecule has 1 heterocycles. The molecule has 0 saturated heterocycles. The van der Waals surface area contributed by atoms with Gasteiger partial charge >= 0.3 is 5.97 Å². The fourth-order valence-corrected chi connectivity index (χ4v) is 2.92. The number of rotatable bonds is 3. The smallest absolute Gasteiger partial charge is 0.307 e. The number of thiophene rings is 1. The summed E-state index contributed by atoms with van der Waals surface area (Å²) in [6.45, 7) is 4.09. The molecule has 0 radical (unpaired) electrons. The topological polar surface area (TPSA) is 37.3 Å². The fourth-order valence-electron chi connectivity index (χ4n) is 1.89. The van der Waals surface area contributed by atoms with Crippen LogP contribution in [0.3, 0.4) is 0 Å². The molecule has 0 fully saturated rings. The molecule has 0 atom stereocenters. The summed E-state index contributed by atoms with van der Waals surface area (Å²) >= 11 is 1.75. The second-order valence-corrected chi connectivity index (χ2v) is 5.08. The predicted octanol–water partition coefficient (Wildman–Crippen LogP) is 3.40. The number of hydrogen-bond donors (Lipinski definition) is 1. The summed E-state index contributed by atoms with van der Waals surface area (Å²) in [5.74, 6) is -0.764. The molecule has 1 aromatic heterocycles. The number of carboxylic acids is 1. The predicted molar refractivity (Wildman–Crippen MR) is 67.3 cm³/mol. The Balaban J connectivity index is 2.63. The molecule has 2 rings (SSSR count). The van der Waals surface area contributed by atoms with Crippen molar-refractivity contribution < 1.29 is 9.90 Å². The van der Waals surface area contributed by atoms with E-state index in [2.05, 4.69) is 19.1 Å². The Morgan fingerprint density at radius 2 is 2.19 bits per heavy atom. The van der Waals surface area contributed by atoms with Gasteiger partial charge in [0.05, 0.1) is 6.42 Å². The van der Waals surface area contributed by atoms with Gasteiger partial charge < -0.3 is 5.11 Å². The quantitative estimate of drug-likeness (QED) is 0.883. The summed E-state index contributed by atoms with van der Waals surface area (Å²) in [6, 6.07) is 6.22. The Morgan fingerprint density at radius 1 is 1.44 bits per heavy atom. The summed E-state index contributed by atoms with van der Waals surface area (Å²) < 4.78 is 1.19. The molecule has 84 valence electrons. The van der Waals surface area contributed by atoms with E-state index in [-0.39, 0.29) is 6.42 Å². The van der Waals surface area contributed by atoms with E-state index in [1.165, 1.54) is 9.58 Å². The number of carboxylic acid groups (broad SMARTS) is 1. The summed E-state index contributed by atoms with van der Waals surface area (Å²) in [5, 5.41) is 10.0. The normalized spacial score (nSPS) is 10.9. The first kappa shape index (κ1) is 11.1. The number of carbonyl (C=O) groups is 1. The van der Waals surface area contributed by atoms with Gasteiger partial charge in [-0.25, -0.2) is 0 Å². The van der Waals surface area contributed by atoms with Crippen molar-refractivity contribution in [2.24, 2.45) is 0 Å². The molecule has 16 heavy (non-hydrogen) atoms. The number of benzene rings is 1. The molecule has 0 unspecified atom stereocenters. The molecule has 1 aromatic carbocycles. The number of aliphatic carboxylic acids is 1. The standard InChI is InChI=1S/C13H14O2S/c1-3-9-6-11-10(7-13(14)15)8(2)4-5-12(11)16-9/h4-6H,3,7H2,1-2H3,(H,14,15). The van der Waals surface area contributed by atoms with Crippen LogP contribution in [0.5, 0.6) is 0 Å². The minimum absolute atomic E-state index is 0.114. The third-order valence-corrected chi connectivity index (χ3v) is 4.02. The van der Waals surface area contributed by atoms with Crippen LogP contribution >= 0.6 is 11.3 Å². The third-order valence-electron chi connectivity index (χ3n) is 2.77. The first-order valence-corrected chi connectivity index (χ1v) is 6.16. The Kier molecular flexibility index (Phi) is 2.97. The van der Waals surface area contributed by atoms with E-state index >= 15 is 0 Å². The Bertz CT molecular complexity index is 540. The molecular weight excluding hydrogens is 220 g/mol. The lowest BCUT2D eigenvalue weighted by Gasteiger charge is -2.04. The molecule has 0 aliphatic rings. The van der Waals surface area contributed by atoms with E-state index in [4.69, 9.17) is 5.11 Å². The highest BCUT2D eigenvalue weighted by atomic mass is 32.1. The van der Waals surface area contributed by atoms with Crippen molar-refractivity contribution in [3.05, 3.63) is 34.2 Å². The average Bonchev–Trinajstić information content (AvgIpc) is 2.65. The summed E-state index contributed by atoms with van der Waals surface area (Å²) in [7, 11) is 0. The van der Waals surface area contributed by atoms with E-state index < -0.39 is 5.97 Å². The van der Waals surface area contributed by atoms with Crippen molar-refractivity contribution in [3.8, 4) is 0 Å². The zero-order valence-electron chi connectivity index (χ0n) is 9.41. The average molecular weight is 234 g/mol. The number of hydrogen-bond acceptors (Lipinski definition) is 2. The SMILES string of the molecule is CCc1cc2c(CC(=O)O)c(C)ccc2s1. The van der Waals surface area contributed by atoms with Crippen LogP contribution in [0.2, 0.25) is 0 Å². The summed E-state index contributed by atoms with van der Waals surface area (Å²) in [4.78, 5) is 12.2. The van der Waals surface area contributed by atoms with Crippen LogP contribution in [0, 0.1) is 6.92 Å². The van der Waals surface area contributed by atoms with Crippen molar-refractivity contribution in [2.45, 2.75) is 26.7 Å². The maximum atomic E-state index is 10.8. The molecule has 0 bridgehead atoms. The minimum Gasteiger partial charge on any atom is -0.481 e. The van der Waals surface area contributed by atoms with Crippen LogP contribution in [0.25, 0.3) is 10.1 Å². The number of aryl methyl sites for hydroxylation is 2. The Morgan fingerprint density at radius 3 is 2.81 bits per heavy atom. The van der Waals surface area contributed by atoms with Gasteiger partial charge in [-0.15, -0.1) is 11.3 Å². The van der Waals surface area contributed by atoms with Crippen LogP contribution < -0.4 is 0 Å². The second kappa shape index (κ2) is 4.26. The summed E-state index contributed by atoms with van der Waals surface area (Å²) in [6.07, 6.45) is 1.12. The highest BCUT2D eigenvalue weighted by Crippen LogP contribution is 2.30. The molecule has 2 nitrogen and oxygen atoms in total. The Labute approximate surface area is 98.5 Å². The van der Waals surface area contributed by atoms with Crippen molar-refractivity contribution in [3.63, 3.8) is 0 Å². The van der Waals surface area contributed by atoms with Gasteiger partial charge in [0.1, 0.15) is 0 Å². The zero-order chi connectivity index (χ0) is 11.7. The van der Waals surface area contributed by atoms with Crippen molar-refractivity contribution >= 4 is 27.4 Å². The molecule has 0 aliphatic heterocycles. The van der Waals surface area contributed by atoms with E-state index in [0.717, 1.165) is 22.9 Å². The molecule has 2 aromatic rings. The first-order chi connectivity index (χ1) is 7.61. The van der Waals surface area contributed by atoms with Crippen LogP contribution in [-0.2, 0) is 17.6 Å². The minimum atomic E-state index is -0.764. The largest absolute Gasteiger partial charge is 0.481 e. The van der Waals surface area contributed by atoms with Crippen LogP contribution in [0.4, 0.5) is 0 Å². The van der Waals surface area contributed by atoms with Gasteiger partial charge in [0.25, 0.3) is 0 Å². The van der Waals surface area contributed by atoms with E-state index in [1.807, 2.05) is 13.0 Å². The van der Waals surface area contributed by atoms with Gasteiger partial charge in [0, 0.05) is 9.58 Å². The monoisotopic (exact) mass is 234 g/mol. The molecule has 3 heteroatoms. The maximum Gasteiger partial charge on any atom is 0.307 e. The molecule has 1 N–H and O–H groups in total. The molecule has 0 saturated carbocycles. The van der Waals surface area contributed by atoms with Crippen LogP contribution in [-0.4, -0.2) is 11.1 Å². The lowest BCUT2D eigenvalue weighted by atomic mass is 10.0. The van der Waals surface area contributed by atoms with E-state index in [0.29, 0.717) is 0 Å². The second-order valence-electron chi connectivity index (χ2n) is 3.91. The Hall–Kier alpha value is -1.35. The third kappa shape index (κ3) is 1.95. The lowest BCUT2D eigenvalue weighted by Crippen LogP contribution is -2.02. The molecule has 0 aliphatic carbocycles. The van der Waals surface area contributed by atoms with Crippen LogP contribution in [0.1, 0.15) is 22.9 Å². The highest BCUT2D eigenvalue weighted by Gasteiger charge is 2.11. The fraction of sp³-hybridized carbons (Fsp3) is 0.308. The highest BCUT2D eigenvalue weighted by molar-refractivity contribution is 7.19. The summed E-state index contributed by atoms with van der Waals surface area (Å²) in [5.41, 5.74) is 2.02. The molecule has 0 amide bonds. The van der Waals surface area contributed by atoms with Gasteiger partial charge in [-0.3, -0.25) is 4.79 Å². The molecular formula is C13H14O2S. The van der Waals surface area contributed by atoms with Crippen molar-refractivity contribution in [2.75, 3.05) is 0 Å². The maximum absolute atomic E-state index is 10.8. The van der Waals surface area contributed by atoms with Crippen molar-refractivity contribution in [1.82, 2.24) is 0 Å².